The first-order valence-corrected chi connectivity index (χ1v) is 15.4. The van der Waals surface area contributed by atoms with Gasteiger partial charge in [-0.15, -0.1) is 0 Å². The highest BCUT2D eigenvalue weighted by Crippen LogP contribution is 2.48. The van der Waals surface area contributed by atoms with Gasteiger partial charge < -0.3 is 32.7 Å². The van der Waals surface area contributed by atoms with Gasteiger partial charge in [0.2, 0.25) is 0 Å². The lowest BCUT2D eigenvalue weighted by Gasteiger charge is -2.42. The normalized spacial score (nSPS) is 29.0. The zero-order valence-electron chi connectivity index (χ0n) is 27.0. The van der Waals surface area contributed by atoms with Crippen LogP contribution in [0.15, 0.2) is 42.5 Å². The first kappa shape index (κ1) is 32.8. The number of hydrogen-bond acceptors (Lipinski definition) is 7. The molecule has 0 aromatic heterocycles. The van der Waals surface area contributed by atoms with Crippen molar-refractivity contribution in [2.75, 3.05) is 0 Å². The molecule has 3 aliphatic heterocycles. The quantitative estimate of drug-likeness (QED) is 0.321. The van der Waals surface area contributed by atoms with Gasteiger partial charge in [0.05, 0.1) is 38.6 Å². The predicted octanol–water partition coefficient (Wildman–Crippen LogP) is 6.36. The van der Waals surface area contributed by atoms with E-state index >= 15 is 0 Å². The number of halogens is 2. The van der Waals surface area contributed by atoms with Crippen molar-refractivity contribution in [2.45, 2.75) is 122 Å². The first-order valence-electron chi connectivity index (χ1n) is 15.0. The van der Waals surface area contributed by atoms with Crippen LogP contribution >= 0.6 is 11.6 Å². The number of hydrogen-bond donors (Lipinski definition) is 0. The highest BCUT2D eigenvalue weighted by molar-refractivity contribution is 7.11. The van der Waals surface area contributed by atoms with Gasteiger partial charge in [-0.25, -0.2) is 4.39 Å². The summed E-state index contributed by atoms with van der Waals surface area (Å²) in [7, 11) is -1.90. The van der Waals surface area contributed by atoms with E-state index in [0.29, 0.717) is 23.6 Å². The Morgan fingerprint density at radius 2 is 1.16 bits per heavy atom. The second-order valence-corrected chi connectivity index (χ2v) is 14.8. The molecule has 5 rings (SSSR count). The fourth-order valence-electron chi connectivity index (χ4n) is 5.59. The van der Waals surface area contributed by atoms with Crippen LogP contribution in [0.4, 0.5) is 4.39 Å². The Bertz CT molecular complexity index is 1330. The van der Waals surface area contributed by atoms with Gasteiger partial charge in [0.25, 0.3) is 0 Å². The highest BCUT2D eigenvalue weighted by atomic mass is 35.5. The third kappa shape index (κ3) is 6.16. The van der Waals surface area contributed by atoms with Crippen molar-refractivity contribution in [3.63, 3.8) is 0 Å². The molecule has 0 radical (unpaired) electrons. The predicted molar refractivity (Wildman–Crippen MR) is 168 cm³/mol. The Balaban J connectivity index is 1.26. The number of rotatable bonds is 8. The second-order valence-electron chi connectivity index (χ2n) is 14.4. The van der Waals surface area contributed by atoms with Crippen molar-refractivity contribution in [3.05, 3.63) is 58.9 Å². The van der Waals surface area contributed by atoms with Crippen LogP contribution in [0.2, 0.25) is 5.02 Å². The van der Waals surface area contributed by atoms with E-state index < -0.39 is 54.7 Å². The standard InChI is InChI=1S/C31H43B3ClFO7/c1-26(2)27(3,4)40-33(39-26)34-41-29(7,8)31(10,43-34)18-17-30(9)28(5,6)38-32(42-30)22-13-16-24(35)25(19-22)37-20-21-11-14-23(36)15-12-21/h11-16,19H,17-18,20H2,1-10H3. The number of benzene rings is 2. The summed E-state index contributed by atoms with van der Waals surface area (Å²) in [5, 5.41) is 0.468. The van der Waals surface area contributed by atoms with Gasteiger partial charge >= 0.3 is 21.1 Å². The Morgan fingerprint density at radius 1 is 0.651 bits per heavy atom. The molecule has 2 atom stereocenters. The molecule has 3 aliphatic rings. The van der Waals surface area contributed by atoms with E-state index in [1.165, 1.54) is 12.1 Å². The maximum Gasteiger partial charge on any atom is 0.494 e. The van der Waals surface area contributed by atoms with E-state index in [1.807, 2.05) is 67.5 Å². The van der Waals surface area contributed by atoms with E-state index in [1.54, 1.807) is 18.2 Å². The van der Waals surface area contributed by atoms with Gasteiger partial charge in [-0.1, -0.05) is 29.8 Å². The van der Waals surface area contributed by atoms with Crippen molar-refractivity contribution in [1.29, 1.82) is 0 Å². The van der Waals surface area contributed by atoms with Crippen LogP contribution in [0.3, 0.4) is 0 Å². The molecule has 0 aliphatic carbocycles. The fourth-order valence-corrected chi connectivity index (χ4v) is 5.77. The average Bonchev–Trinajstić information content (AvgIpc) is 3.39. The van der Waals surface area contributed by atoms with E-state index in [9.17, 15) is 4.39 Å². The van der Waals surface area contributed by atoms with Gasteiger partial charge in [0.15, 0.2) is 0 Å². The summed E-state index contributed by atoms with van der Waals surface area (Å²) in [6.45, 7) is 20.6. The van der Waals surface area contributed by atoms with Gasteiger partial charge in [0.1, 0.15) is 18.2 Å². The molecule has 0 saturated carbocycles. The highest BCUT2D eigenvalue weighted by Gasteiger charge is 2.65. The molecule has 232 valence electrons. The summed E-state index contributed by atoms with van der Waals surface area (Å²) < 4.78 is 57.9. The molecule has 2 unspecified atom stereocenters. The molecule has 3 saturated heterocycles. The lowest BCUT2D eigenvalue weighted by Crippen LogP contribution is -2.50. The van der Waals surface area contributed by atoms with Crippen LogP contribution in [0.5, 0.6) is 5.75 Å². The lowest BCUT2D eigenvalue weighted by molar-refractivity contribution is -0.0576. The lowest BCUT2D eigenvalue weighted by atomic mass is 9.49. The van der Waals surface area contributed by atoms with Crippen LogP contribution in [0.25, 0.3) is 0 Å². The molecule has 0 amide bonds. The molecule has 2 aromatic carbocycles. The summed E-state index contributed by atoms with van der Waals surface area (Å²) in [6, 6.07) is 11.7. The summed E-state index contributed by atoms with van der Waals surface area (Å²) in [5.74, 6) is 0.209. The molecule has 2 aromatic rings. The molecule has 3 fully saturated rings. The van der Waals surface area contributed by atoms with Crippen LogP contribution in [0, 0.1) is 5.82 Å². The smallest absolute Gasteiger partial charge is 0.487 e. The first-order chi connectivity index (χ1) is 19.8. The van der Waals surface area contributed by atoms with Gasteiger partial charge in [0, 0.05) is 0 Å². The summed E-state index contributed by atoms with van der Waals surface area (Å²) in [5.41, 5.74) is -1.83. The maximum absolute atomic E-state index is 13.3. The Kier molecular flexibility index (Phi) is 8.42. The fraction of sp³-hybridized carbons (Fsp3) is 0.613. The van der Waals surface area contributed by atoms with Crippen molar-refractivity contribution in [2.24, 2.45) is 0 Å². The Labute approximate surface area is 261 Å². The van der Waals surface area contributed by atoms with E-state index in [-0.39, 0.29) is 12.4 Å². The zero-order valence-corrected chi connectivity index (χ0v) is 27.8. The van der Waals surface area contributed by atoms with Crippen molar-refractivity contribution in [1.82, 2.24) is 0 Å². The second kappa shape index (κ2) is 11.0. The summed E-state index contributed by atoms with van der Waals surface area (Å²) in [6.07, 6.45) is 1.30. The molecule has 43 heavy (non-hydrogen) atoms. The third-order valence-corrected chi connectivity index (χ3v) is 10.5. The molecule has 12 heteroatoms. The van der Waals surface area contributed by atoms with Crippen LogP contribution in [-0.2, 0) is 34.5 Å². The Hall–Kier alpha value is -1.59. The monoisotopic (exact) mass is 614 g/mol. The third-order valence-electron chi connectivity index (χ3n) is 10.2. The SMILES string of the molecule is CC1(C)OB(B2OC(C)(C)C(C)(CCC3(C)OB(c4ccc(Cl)c(OCc5ccc(F)cc5)c4)OC3(C)C)O2)OC1(C)C. The average molecular weight is 615 g/mol. The Morgan fingerprint density at radius 3 is 1.77 bits per heavy atom. The molecule has 0 spiro atoms. The van der Waals surface area contributed by atoms with Crippen molar-refractivity contribution < 1.29 is 37.1 Å². The van der Waals surface area contributed by atoms with E-state index in [4.69, 9.17) is 44.3 Å². The van der Waals surface area contributed by atoms with Gasteiger partial charge in [-0.05, 0) is 117 Å². The maximum atomic E-state index is 13.3. The molecular formula is C31H43B3ClFO7. The molecular weight excluding hydrogens is 571 g/mol. The van der Waals surface area contributed by atoms with Crippen molar-refractivity contribution >= 4 is 38.2 Å². The minimum absolute atomic E-state index is 0.252. The molecule has 3 heterocycles. The molecule has 0 N–H and O–H groups in total. The summed E-state index contributed by atoms with van der Waals surface area (Å²) >= 11 is 6.45. The topological polar surface area (TPSA) is 64.6 Å². The largest absolute Gasteiger partial charge is 0.494 e. The van der Waals surface area contributed by atoms with Crippen molar-refractivity contribution in [3.8, 4) is 5.75 Å². The van der Waals surface area contributed by atoms with E-state index in [0.717, 1.165) is 11.0 Å². The van der Waals surface area contributed by atoms with E-state index in [2.05, 4.69) is 13.8 Å². The minimum Gasteiger partial charge on any atom is -0.487 e. The van der Waals surface area contributed by atoms with Crippen LogP contribution in [0.1, 0.15) is 87.6 Å². The molecule has 7 nitrogen and oxygen atoms in total. The van der Waals surface area contributed by atoms with Crippen LogP contribution < -0.4 is 10.2 Å². The zero-order chi connectivity index (χ0) is 31.6. The van der Waals surface area contributed by atoms with Crippen LogP contribution in [-0.4, -0.2) is 54.7 Å². The number of ether oxygens (including phenoxy) is 1. The molecule has 0 bridgehead atoms. The van der Waals surface area contributed by atoms with Gasteiger partial charge in [-0.2, -0.15) is 0 Å². The summed E-state index contributed by atoms with van der Waals surface area (Å²) in [4.78, 5) is 0. The van der Waals surface area contributed by atoms with Gasteiger partial charge in [-0.3, -0.25) is 0 Å². The minimum atomic E-state index is -0.655.